The van der Waals surface area contributed by atoms with Gasteiger partial charge in [-0.1, -0.05) is 33.3 Å². The molecule has 1 fully saturated rings. The van der Waals surface area contributed by atoms with Crippen molar-refractivity contribution in [1.29, 1.82) is 0 Å². The Morgan fingerprint density at radius 3 is 2.54 bits per heavy atom. The Kier molecular flexibility index (Phi) is 6.24. The first kappa shape index (κ1) is 20.6. The molecule has 0 aliphatic carbocycles. The van der Waals surface area contributed by atoms with E-state index in [9.17, 15) is 18.0 Å². The normalized spacial score (nSPS) is 19.2. The Morgan fingerprint density at radius 1 is 1.23 bits per heavy atom. The van der Waals surface area contributed by atoms with Crippen LogP contribution in [0.3, 0.4) is 0 Å². The second-order valence-corrected chi connectivity index (χ2v) is 9.63. The maximum atomic E-state index is 12.9. The van der Waals surface area contributed by atoms with Crippen LogP contribution in [0, 0.1) is 5.41 Å². The largest absolute Gasteiger partial charge is 0.454 e. The molecule has 6 nitrogen and oxygen atoms in total. The summed E-state index contributed by atoms with van der Waals surface area (Å²) >= 11 is 0. The number of hydrogen-bond donors (Lipinski definition) is 0. The van der Waals surface area contributed by atoms with Crippen LogP contribution in [0.1, 0.15) is 57.3 Å². The number of carbonyl (C=O) groups excluding carboxylic acids is 2. The van der Waals surface area contributed by atoms with E-state index < -0.39 is 21.4 Å². The fourth-order valence-electron chi connectivity index (χ4n) is 2.78. The Hall–Kier alpha value is -1.73. The van der Waals surface area contributed by atoms with Gasteiger partial charge in [0.1, 0.15) is 0 Å². The Balaban J connectivity index is 2.16. The molecular formula is C19H27NO5S. The number of hydrogen-bond acceptors (Lipinski definition) is 5. The quantitative estimate of drug-likeness (QED) is 0.733. The summed E-state index contributed by atoms with van der Waals surface area (Å²) in [5.74, 6) is -0.900. The van der Waals surface area contributed by atoms with Crippen molar-refractivity contribution in [3.05, 3.63) is 29.8 Å². The molecule has 0 unspecified atom stereocenters. The third kappa shape index (κ3) is 4.71. The smallest absolute Gasteiger partial charge is 0.338 e. The number of sulfonamides is 1. The molecule has 7 heteroatoms. The van der Waals surface area contributed by atoms with E-state index in [-0.39, 0.29) is 28.9 Å². The SMILES string of the molecule is C[C@@H]1CCCCN1S(=O)(=O)c1cccc(C(=O)OCC(=O)C(C)(C)C)c1. The molecule has 1 atom stereocenters. The molecule has 0 radical (unpaired) electrons. The maximum Gasteiger partial charge on any atom is 0.338 e. The van der Waals surface area contributed by atoms with Crippen LogP contribution in [-0.4, -0.2) is 43.7 Å². The molecule has 0 spiro atoms. The van der Waals surface area contributed by atoms with E-state index in [1.807, 2.05) is 6.92 Å². The van der Waals surface area contributed by atoms with Gasteiger partial charge in [-0.2, -0.15) is 4.31 Å². The van der Waals surface area contributed by atoms with E-state index in [0.717, 1.165) is 19.3 Å². The van der Waals surface area contributed by atoms with Crippen LogP contribution in [0.4, 0.5) is 0 Å². The molecule has 2 rings (SSSR count). The van der Waals surface area contributed by atoms with Gasteiger partial charge in [0, 0.05) is 18.0 Å². The highest BCUT2D eigenvalue weighted by atomic mass is 32.2. The van der Waals surface area contributed by atoms with Crippen LogP contribution in [0.2, 0.25) is 0 Å². The Morgan fingerprint density at radius 2 is 1.92 bits per heavy atom. The number of ketones is 1. The third-order valence-electron chi connectivity index (χ3n) is 4.59. The monoisotopic (exact) mass is 381 g/mol. The van der Waals surface area contributed by atoms with E-state index in [4.69, 9.17) is 4.74 Å². The summed E-state index contributed by atoms with van der Waals surface area (Å²) < 4.78 is 32.3. The van der Waals surface area contributed by atoms with Crippen LogP contribution in [0.5, 0.6) is 0 Å². The first-order chi connectivity index (χ1) is 12.0. The highest BCUT2D eigenvalue weighted by Crippen LogP contribution is 2.25. The molecule has 1 heterocycles. The second-order valence-electron chi connectivity index (χ2n) is 7.74. The van der Waals surface area contributed by atoms with Gasteiger partial charge in [-0.05, 0) is 38.0 Å². The van der Waals surface area contributed by atoms with Gasteiger partial charge in [-0.15, -0.1) is 0 Å². The first-order valence-electron chi connectivity index (χ1n) is 8.86. The van der Waals surface area contributed by atoms with E-state index in [0.29, 0.717) is 6.54 Å². The van der Waals surface area contributed by atoms with Crippen LogP contribution in [0.15, 0.2) is 29.2 Å². The summed E-state index contributed by atoms with van der Waals surface area (Å²) in [5, 5.41) is 0. The minimum atomic E-state index is -3.66. The lowest BCUT2D eigenvalue weighted by Crippen LogP contribution is -2.41. The predicted molar refractivity (Wildman–Crippen MR) is 98.4 cm³/mol. The Labute approximate surface area is 155 Å². The summed E-state index contributed by atoms with van der Waals surface area (Å²) in [6.45, 7) is 7.29. The minimum absolute atomic E-state index is 0.0613. The maximum absolute atomic E-state index is 12.9. The standard InChI is InChI=1S/C19H27NO5S/c1-14-8-5-6-11-20(14)26(23,24)16-10-7-9-15(12-16)18(22)25-13-17(21)19(2,3)4/h7,9-10,12,14H,5-6,8,11,13H2,1-4H3/t14-/m1/s1. The number of rotatable bonds is 5. The van der Waals surface area contributed by atoms with Gasteiger partial charge in [-0.3, -0.25) is 4.79 Å². The number of carbonyl (C=O) groups is 2. The average Bonchev–Trinajstić information content (AvgIpc) is 2.58. The number of piperidine rings is 1. The fraction of sp³-hybridized carbons (Fsp3) is 0.579. The zero-order valence-corrected chi connectivity index (χ0v) is 16.6. The number of nitrogens with zero attached hydrogens (tertiary/aromatic N) is 1. The highest BCUT2D eigenvalue weighted by Gasteiger charge is 2.31. The van der Waals surface area contributed by atoms with E-state index in [1.54, 1.807) is 20.8 Å². The molecule has 1 aromatic carbocycles. The van der Waals surface area contributed by atoms with Crippen molar-refractivity contribution in [2.75, 3.05) is 13.2 Å². The van der Waals surface area contributed by atoms with Gasteiger partial charge >= 0.3 is 5.97 Å². The fourth-order valence-corrected chi connectivity index (χ4v) is 4.52. The summed E-state index contributed by atoms with van der Waals surface area (Å²) in [6.07, 6.45) is 2.68. The molecule has 26 heavy (non-hydrogen) atoms. The molecule has 0 bridgehead atoms. The molecule has 1 aliphatic rings. The van der Waals surface area contributed by atoms with Crippen LogP contribution in [-0.2, 0) is 19.6 Å². The zero-order valence-electron chi connectivity index (χ0n) is 15.8. The minimum Gasteiger partial charge on any atom is -0.454 e. The zero-order chi connectivity index (χ0) is 19.5. The average molecular weight is 381 g/mol. The van der Waals surface area contributed by atoms with Gasteiger partial charge < -0.3 is 4.74 Å². The lowest BCUT2D eigenvalue weighted by Gasteiger charge is -2.32. The lowest BCUT2D eigenvalue weighted by molar-refractivity contribution is -0.129. The van der Waals surface area contributed by atoms with E-state index >= 15 is 0 Å². The summed E-state index contributed by atoms with van der Waals surface area (Å²) in [4.78, 5) is 24.2. The molecule has 0 N–H and O–H groups in total. The number of ether oxygens (including phenoxy) is 1. The van der Waals surface area contributed by atoms with E-state index in [1.165, 1.54) is 28.6 Å². The summed E-state index contributed by atoms with van der Waals surface area (Å²) in [5.41, 5.74) is -0.479. The second kappa shape index (κ2) is 7.88. The first-order valence-corrected chi connectivity index (χ1v) is 10.3. The molecule has 0 saturated carbocycles. The van der Waals surface area contributed by atoms with E-state index in [2.05, 4.69) is 0 Å². The van der Waals surface area contributed by atoms with Crippen molar-refractivity contribution >= 4 is 21.8 Å². The number of esters is 1. The predicted octanol–water partition coefficient (Wildman–Crippen LogP) is 3.02. The summed E-state index contributed by atoms with van der Waals surface area (Å²) in [7, 11) is -3.66. The molecular weight excluding hydrogens is 354 g/mol. The molecule has 0 aromatic heterocycles. The van der Waals surface area contributed by atoms with Crippen molar-refractivity contribution < 1.29 is 22.7 Å². The van der Waals surface area contributed by atoms with Gasteiger partial charge in [0.05, 0.1) is 10.5 Å². The number of benzene rings is 1. The van der Waals surface area contributed by atoms with Crippen molar-refractivity contribution in [2.45, 2.75) is 57.9 Å². The molecule has 1 saturated heterocycles. The molecule has 1 aromatic rings. The Bertz CT molecular complexity index is 779. The van der Waals surface area contributed by atoms with Crippen LogP contribution >= 0.6 is 0 Å². The van der Waals surface area contributed by atoms with Crippen molar-refractivity contribution in [3.8, 4) is 0 Å². The van der Waals surface area contributed by atoms with Crippen molar-refractivity contribution in [3.63, 3.8) is 0 Å². The van der Waals surface area contributed by atoms with Gasteiger partial charge in [0.15, 0.2) is 12.4 Å². The van der Waals surface area contributed by atoms with Gasteiger partial charge in [0.2, 0.25) is 10.0 Å². The highest BCUT2D eigenvalue weighted by molar-refractivity contribution is 7.89. The molecule has 1 aliphatic heterocycles. The van der Waals surface area contributed by atoms with Crippen molar-refractivity contribution in [2.24, 2.45) is 5.41 Å². The molecule has 0 amide bonds. The lowest BCUT2D eigenvalue weighted by atomic mass is 9.91. The van der Waals surface area contributed by atoms with Crippen LogP contribution in [0.25, 0.3) is 0 Å². The van der Waals surface area contributed by atoms with Gasteiger partial charge in [0.25, 0.3) is 0 Å². The third-order valence-corrected chi connectivity index (χ3v) is 6.60. The van der Waals surface area contributed by atoms with Crippen LogP contribution < -0.4 is 0 Å². The van der Waals surface area contributed by atoms with Crippen molar-refractivity contribution in [1.82, 2.24) is 4.31 Å². The number of Topliss-reactive ketones (excluding diaryl/α,β-unsaturated/α-hetero) is 1. The molecule has 144 valence electrons. The van der Waals surface area contributed by atoms with Gasteiger partial charge in [-0.25, -0.2) is 13.2 Å². The summed E-state index contributed by atoms with van der Waals surface area (Å²) in [6, 6.07) is 5.74. The topological polar surface area (TPSA) is 80.8 Å².